The van der Waals surface area contributed by atoms with Crippen LogP contribution in [0.15, 0.2) is 48.5 Å². The van der Waals surface area contributed by atoms with Gasteiger partial charge in [0.15, 0.2) is 0 Å². The molecule has 2 aromatic carbocycles. The molecule has 0 N–H and O–H groups in total. The Labute approximate surface area is 175 Å². The van der Waals surface area contributed by atoms with Crippen molar-refractivity contribution in [2.24, 2.45) is 5.41 Å². The van der Waals surface area contributed by atoms with Gasteiger partial charge < -0.3 is 9.80 Å². The van der Waals surface area contributed by atoms with E-state index in [1.807, 2.05) is 11.0 Å². The van der Waals surface area contributed by atoms with Crippen LogP contribution in [-0.4, -0.2) is 41.2 Å². The monoisotopic (exact) mass is 412 g/mol. The first kappa shape index (κ1) is 20.5. The largest absolute Gasteiger partial charge is 0.342 e. The molecule has 158 valence electrons. The third-order valence-electron chi connectivity index (χ3n) is 6.40. The van der Waals surface area contributed by atoms with Gasteiger partial charge in [0.25, 0.3) is 0 Å². The summed E-state index contributed by atoms with van der Waals surface area (Å²) >= 11 is 0. The molecule has 6 heteroatoms. The molecule has 0 radical (unpaired) electrons. The van der Waals surface area contributed by atoms with Crippen molar-refractivity contribution in [1.29, 1.82) is 0 Å². The molecule has 4 nitrogen and oxygen atoms in total. The summed E-state index contributed by atoms with van der Waals surface area (Å²) in [5.74, 6) is -0.550. The molecule has 1 spiro atoms. The van der Waals surface area contributed by atoms with E-state index in [2.05, 4.69) is 0 Å². The molecule has 2 aliphatic rings. The van der Waals surface area contributed by atoms with E-state index in [4.69, 9.17) is 0 Å². The Morgan fingerprint density at radius 1 is 0.900 bits per heavy atom. The Morgan fingerprint density at radius 2 is 1.53 bits per heavy atom. The zero-order chi connectivity index (χ0) is 21.1. The molecule has 2 amide bonds. The van der Waals surface area contributed by atoms with Gasteiger partial charge in [0.05, 0.1) is 11.8 Å². The fraction of sp³-hybridized carbons (Fsp3) is 0.417. The average Bonchev–Trinajstić information content (AvgIpc) is 2.72. The van der Waals surface area contributed by atoms with Gasteiger partial charge in [0, 0.05) is 26.2 Å². The molecular formula is C24H26F2N2O2. The van der Waals surface area contributed by atoms with E-state index in [-0.39, 0.29) is 29.9 Å². The van der Waals surface area contributed by atoms with Crippen molar-refractivity contribution < 1.29 is 18.4 Å². The number of hydrogen-bond donors (Lipinski definition) is 0. The smallest absolute Gasteiger partial charge is 0.229 e. The number of benzene rings is 2. The lowest BCUT2D eigenvalue weighted by atomic mass is 9.71. The average molecular weight is 412 g/mol. The van der Waals surface area contributed by atoms with Crippen molar-refractivity contribution in [3.8, 4) is 0 Å². The van der Waals surface area contributed by atoms with Gasteiger partial charge in [-0.15, -0.1) is 0 Å². The predicted molar refractivity (Wildman–Crippen MR) is 109 cm³/mol. The normalized spacial score (nSPS) is 18.7. The van der Waals surface area contributed by atoms with Crippen molar-refractivity contribution in [2.75, 3.05) is 19.6 Å². The number of halogens is 2. The van der Waals surface area contributed by atoms with Crippen LogP contribution in [0.1, 0.15) is 36.8 Å². The van der Waals surface area contributed by atoms with Gasteiger partial charge in [-0.1, -0.05) is 24.3 Å². The molecule has 2 saturated heterocycles. The summed E-state index contributed by atoms with van der Waals surface area (Å²) in [6.07, 6.45) is 3.20. The number of likely N-dealkylation sites (tertiary alicyclic amines) is 2. The molecule has 2 heterocycles. The zero-order valence-corrected chi connectivity index (χ0v) is 16.9. The van der Waals surface area contributed by atoms with E-state index in [1.54, 1.807) is 23.1 Å². The van der Waals surface area contributed by atoms with E-state index in [1.165, 1.54) is 24.3 Å². The highest BCUT2D eigenvalue weighted by molar-refractivity contribution is 5.84. The van der Waals surface area contributed by atoms with E-state index < -0.39 is 5.41 Å². The minimum absolute atomic E-state index is 0.0321. The molecule has 2 aliphatic heterocycles. The summed E-state index contributed by atoms with van der Waals surface area (Å²) in [7, 11) is 0. The van der Waals surface area contributed by atoms with Crippen LogP contribution in [0.4, 0.5) is 8.78 Å². The Bertz CT molecular complexity index is 938. The number of amides is 2. The second-order valence-electron chi connectivity index (χ2n) is 8.43. The lowest BCUT2D eigenvalue weighted by molar-refractivity contribution is -0.153. The SMILES string of the molecule is O=C(Cc1cccc(F)c1)N1CCC2(CCCN(Cc3cccc(F)c3)C2=O)CC1. The number of carbonyl (C=O) groups is 2. The second kappa shape index (κ2) is 8.54. The second-order valence-corrected chi connectivity index (χ2v) is 8.43. The first-order chi connectivity index (χ1) is 14.4. The highest BCUT2D eigenvalue weighted by Crippen LogP contribution is 2.41. The minimum atomic E-state index is -0.429. The van der Waals surface area contributed by atoms with Gasteiger partial charge in [-0.2, -0.15) is 0 Å². The molecule has 0 atom stereocenters. The Hall–Kier alpha value is -2.76. The molecule has 0 aliphatic carbocycles. The van der Waals surface area contributed by atoms with Crippen LogP contribution >= 0.6 is 0 Å². The highest BCUT2D eigenvalue weighted by Gasteiger charge is 2.46. The van der Waals surface area contributed by atoms with Crippen LogP contribution in [0, 0.1) is 17.0 Å². The Morgan fingerprint density at radius 3 is 2.20 bits per heavy atom. The van der Waals surface area contributed by atoms with Gasteiger partial charge in [-0.25, -0.2) is 8.78 Å². The number of hydrogen-bond acceptors (Lipinski definition) is 2. The first-order valence-corrected chi connectivity index (χ1v) is 10.5. The summed E-state index contributed by atoms with van der Waals surface area (Å²) in [5, 5.41) is 0. The van der Waals surface area contributed by atoms with Crippen molar-refractivity contribution in [3.63, 3.8) is 0 Å². The lowest BCUT2D eigenvalue weighted by Crippen LogP contribution is -2.54. The maximum atomic E-state index is 13.5. The number of carbonyl (C=O) groups excluding carboxylic acids is 2. The maximum absolute atomic E-state index is 13.5. The maximum Gasteiger partial charge on any atom is 0.229 e. The molecule has 0 aromatic heterocycles. The van der Waals surface area contributed by atoms with E-state index in [9.17, 15) is 18.4 Å². The molecule has 2 aromatic rings. The van der Waals surface area contributed by atoms with Gasteiger partial charge in [-0.05, 0) is 61.1 Å². The number of piperidine rings is 2. The van der Waals surface area contributed by atoms with Crippen molar-refractivity contribution in [2.45, 2.75) is 38.6 Å². The lowest BCUT2D eigenvalue weighted by Gasteiger charge is -2.46. The molecule has 30 heavy (non-hydrogen) atoms. The van der Waals surface area contributed by atoms with Crippen LogP contribution in [0.25, 0.3) is 0 Å². The summed E-state index contributed by atoms with van der Waals surface area (Å²) in [6, 6.07) is 12.5. The molecule has 0 saturated carbocycles. The molecule has 4 rings (SSSR count). The summed E-state index contributed by atoms with van der Waals surface area (Å²) in [5.41, 5.74) is 1.03. The van der Waals surface area contributed by atoms with Crippen LogP contribution < -0.4 is 0 Å². The Kier molecular flexibility index (Phi) is 5.84. The van der Waals surface area contributed by atoms with E-state index in [0.717, 1.165) is 18.4 Å². The predicted octanol–water partition coefficient (Wildman–Crippen LogP) is 3.94. The van der Waals surface area contributed by atoms with Crippen molar-refractivity contribution >= 4 is 11.8 Å². The van der Waals surface area contributed by atoms with Gasteiger partial charge >= 0.3 is 0 Å². The van der Waals surface area contributed by atoms with E-state index >= 15 is 0 Å². The van der Waals surface area contributed by atoms with Crippen LogP contribution in [-0.2, 0) is 22.6 Å². The minimum Gasteiger partial charge on any atom is -0.342 e. The quantitative estimate of drug-likeness (QED) is 0.763. The highest BCUT2D eigenvalue weighted by atomic mass is 19.1. The molecular weight excluding hydrogens is 386 g/mol. The summed E-state index contributed by atoms with van der Waals surface area (Å²) in [4.78, 5) is 29.5. The van der Waals surface area contributed by atoms with Crippen molar-refractivity contribution in [1.82, 2.24) is 9.80 Å². The number of nitrogens with zero attached hydrogens (tertiary/aromatic N) is 2. The standard InChI is InChI=1S/C24H26F2N2O2/c25-20-6-1-4-18(14-20)16-22(29)27-12-9-24(10-13-27)8-3-11-28(23(24)30)17-19-5-2-7-21(26)15-19/h1-2,4-7,14-15H,3,8-13,16-17H2. The molecule has 2 fully saturated rings. The molecule has 0 unspecified atom stereocenters. The zero-order valence-electron chi connectivity index (χ0n) is 16.9. The summed E-state index contributed by atoms with van der Waals surface area (Å²) < 4.78 is 26.9. The van der Waals surface area contributed by atoms with Crippen molar-refractivity contribution in [3.05, 3.63) is 71.3 Å². The topological polar surface area (TPSA) is 40.6 Å². The van der Waals surface area contributed by atoms with Gasteiger partial charge in [0.1, 0.15) is 11.6 Å². The number of rotatable bonds is 4. The van der Waals surface area contributed by atoms with Crippen LogP contribution in [0.3, 0.4) is 0 Å². The van der Waals surface area contributed by atoms with Gasteiger partial charge in [0.2, 0.25) is 11.8 Å². The van der Waals surface area contributed by atoms with Crippen LogP contribution in [0.5, 0.6) is 0 Å². The first-order valence-electron chi connectivity index (χ1n) is 10.5. The third kappa shape index (κ3) is 4.37. The molecule has 0 bridgehead atoms. The third-order valence-corrected chi connectivity index (χ3v) is 6.40. The Balaban J connectivity index is 1.37. The summed E-state index contributed by atoms with van der Waals surface area (Å²) in [6.45, 7) is 2.17. The van der Waals surface area contributed by atoms with Crippen LogP contribution in [0.2, 0.25) is 0 Å². The fourth-order valence-electron chi connectivity index (χ4n) is 4.74. The fourth-order valence-corrected chi connectivity index (χ4v) is 4.74. The van der Waals surface area contributed by atoms with Gasteiger partial charge in [-0.3, -0.25) is 9.59 Å². The van der Waals surface area contributed by atoms with E-state index in [0.29, 0.717) is 44.6 Å².